The maximum Gasteiger partial charge on any atom is 0.251 e. The maximum atomic E-state index is 11.9. The first-order chi connectivity index (χ1) is 9.29. The fourth-order valence-corrected chi connectivity index (χ4v) is 2.85. The molecule has 1 saturated heterocycles. The average molecular weight is 282 g/mol. The van der Waals surface area contributed by atoms with Crippen molar-refractivity contribution >= 4 is 17.7 Å². The number of carbonyl (C=O) groups excluding carboxylic acids is 1. The second-order valence-corrected chi connectivity index (χ2v) is 5.38. The number of hydrogen-bond acceptors (Lipinski definition) is 5. The summed E-state index contributed by atoms with van der Waals surface area (Å²) in [5, 5.41) is 2.77. The fraction of sp³-hybridized carbons (Fsp3) is 0.538. The first kappa shape index (κ1) is 14.1. The first-order valence-corrected chi connectivity index (χ1v) is 7.42. The van der Waals surface area contributed by atoms with Gasteiger partial charge in [0.15, 0.2) is 0 Å². The molecule has 0 bridgehead atoms. The van der Waals surface area contributed by atoms with Crippen molar-refractivity contribution in [2.24, 2.45) is 0 Å². The van der Waals surface area contributed by atoms with Crippen LogP contribution in [-0.2, 0) is 4.74 Å². The SMILES string of the molecule is COCCNC(=O)c1ccnc(OC2CCSC2)c1. The molecule has 6 heteroatoms. The molecule has 5 nitrogen and oxygen atoms in total. The molecule has 1 fully saturated rings. The van der Waals surface area contributed by atoms with E-state index in [1.54, 1.807) is 25.4 Å². The van der Waals surface area contributed by atoms with Crippen molar-refractivity contribution in [1.29, 1.82) is 0 Å². The number of hydrogen-bond donors (Lipinski definition) is 1. The predicted molar refractivity (Wildman–Crippen MR) is 74.8 cm³/mol. The van der Waals surface area contributed by atoms with Gasteiger partial charge >= 0.3 is 0 Å². The third kappa shape index (κ3) is 4.40. The molecular weight excluding hydrogens is 264 g/mol. The van der Waals surface area contributed by atoms with Gasteiger partial charge in [-0.1, -0.05) is 0 Å². The van der Waals surface area contributed by atoms with Crippen molar-refractivity contribution in [2.45, 2.75) is 12.5 Å². The number of nitrogens with one attached hydrogen (secondary N) is 1. The molecule has 2 rings (SSSR count). The lowest BCUT2D eigenvalue weighted by molar-refractivity contribution is 0.0936. The number of aromatic nitrogens is 1. The first-order valence-electron chi connectivity index (χ1n) is 6.27. The van der Waals surface area contributed by atoms with E-state index in [-0.39, 0.29) is 12.0 Å². The Morgan fingerprint density at radius 3 is 3.26 bits per heavy atom. The van der Waals surface area contributed by atoms with E-state index >= 15 is 0 Å². The summed E-state index contributed by atoms with van der Waals surface area (Å²) >= 11 is 1.88. The van der Waals surface area contributed by atoms with Gasteiger partial charge in [-0.3, -0.25) is 4.79 Å². The Hall–Kier alpha value is -1.27. The Morgan fingerprint density at radius 1 is 1.63 bits per heavy atom. The van der Waals surface area contributed by atoms with Crippen molar-refractivity contribution < 1.29 is 14.3 Å². The third-order valence-corrected chi connectivity index (χ3v) is 3.90. The molecule has 0 saturated carbocycles. The van der Waals surface area contributed by atoms with Crippen LogP contribution in [0.3, 0.4) is 0 Å². The Balaban J connectivity index is 1.91. The van der Waals surface area contributed by atoms with Crippen molar-refractivity contribution in [2.75, 3.05) is 31.8 Å². The van der Waals surface area contributed by atoms with Gasteiger partial charge in [0.05, 0.1) is 6.61 Å². The van der Waals surface area contributed by atoms with E-state index in [0.717, 1.165) is 17.9 Å². The van der Waals surface area contributed by atoms with E-state index in [0.29, 0.717) is 24.6 Å². The number of nitrogens with zero attached hydrogens (tertiary/aromatic N) is 1. The maximum absolute atomic E-state index is 11.9. The summed E-state index contributed by atoms with van der Waals surface area (Å²) < 4.78 is 10.6. The summed E-state index contributed by atoms with van der Waals surface area (Å²) in [6.45, 7) is 0.993. The molecule has 19 heavy (non-hydrogen) atoms. The molecule has 0 aromatic carbocycles. The molecule has 1 unspecified atom stereocenters. The van der Waals surface area contributed by atoms with E-state index in [4.69, 9.17) is 9.47 Å². The number of ether oxygens (including phenoxy) is 2. The van der Waals surface area contributed by atoms with Crippen LogP contribution in [0.5, 0.6) is 5.88 Å². The van der Waals surface area contributed by atoms with Crippen molar-refractivity contribution in [3.63, 3.8) is 0 Å². The van der Waals surface area contributed by atoms with Gasteiger partial charge in [0.2, 0.25) is 5.88 Å². The zero-order valence-electron chi connectivity index (χ0n) is 10.9. The number of pyridine rings is 1. The Kier molecular flexibility index (Phi) is 5.47. The van der Waals surface area contributed by atoms with Crippen LogP contribution in [-0.4, -0.2) is 48.8 Å². The molecule has 0 spiro atoms. The standard InChI is InChI=1S/C13H18N2O3S/c1-17-6-5-15-13(16)10-2-4-14-12(8-10)18-11-3-7-19-9-11/h2,4,8,11H,3,5-7,9H2,1H3,(H,15,16). The van der Waals surface area contributed by atoms with Crippen molar-refractivity contribution in [3.05, 3.63) is 23.9 Å². The average Bonchev–Trinajstić information content (AvgIpc) is 2.92. The molecule has 1 atom stereocenters. The highest BCUT2D eigenvalue weighted by atomic mass is 32.2. The smallest absolute Gasteiger partial charge is 0.251 e. The molecular formula is C13H18N2O3S. The van der Waals surface area contributed by atoms with Crippen LogP contribution in [0.25, 0.3) is 0 Å². The normalized spacial score (nSPS) is 18.3. The summed E-state index contributed by atoms with van der Waals surface area (Å²) in [6, 6.07) is 3.36. The van der Waals surface area contributed by atoms with E-state index in [2.05, 4.69) is 10.3 Å². The van der Waals surface area contributed by atoms with E-state index in [9.17, 15) is 4.79 Å². The Labute approximate surface area is 117 Å². The number of rotatable bonds is 6. The van der Waals surface area contributed by atoms with E-state index in [1.165, 1.54) is 0 Å². The van der Waals surface area contributed by atoms with Crippen LogP contribution < -0.4 is 10.1 Å². The highest BCUT2D eigenvalue weighted by molar-refractivity contribution is 7.99. The Bertz CT molecular complexity index is 422. The molecule has 1 aromatic rings. The van der Waals surface area contributed by atoms with Gasteiger partial charge < -0.3 is 14.8 Å². The molecule has 0 radical (unpaired) electrons. The number of methoxy groups -OCH3 is 1. The molecule has 1 aliphatic rings. The molecule has 104 valence electrons. The van der Waals surface area contributed by atoms with Crippen LogP contribution in [0.4, 0.5) is 0 Å². The van der Waals surface area contributed by atoms with Gasteiger partial charge in [-0.25, -0.2) is 4.98 Å². The van der Waals surface area contributed by atoms with Crippen molar-refractivity contribution in [1.82, 2.24) is 10.3 Å². The minimum atomic E-state index is -0.134. The Morgan fingerprint density at radius 2 is 2.53 bits per heavy atom. The highest BCUT2D eigenvalue weighted by Gasteiger charge is 2.18. The van der Waals surface area contributed by atoms with E-state index < -0.39 is 0 Å². The topological polar surface area (TPSA) is 60.5 Å². The molecule has 1 aromatic heterocycles. The van der Waals surface area contributed by atoms with Gasteiger partial charge in [0.1, 0.15) is 6.10 Å². The zero-order valence-corrected chi connectivity index (χ0v) is 11.7. The van der Waals surface area contributed by atoms with Crippen LogP contribution in [0.1, 0.15) is 16.8 Å². The quantitative estimate of drug-likeness (QED) is 0.798. The third-order valence-electron chi connectivity index (χ3n) is 2.76. The molecule has 0 aliphatic carbocycles. The van der Waals surface area contributed by atoms with Crippen LogP contribution in [0.2, 0.25) is 0 Å². The highest BCUT2D eigenvalue weighted by Crippen LogP contribution is 2.22. The largest absolute Gasteiger partial charge is 0.473 e. The fourth-order valence-electron chi connectivity index (χ4n) is 1.76. The van der Waals surface area contributed by atoms with Gasteiger partial charge in [0.25, 0.3) is 5.91 Å². The summed E-state index contributed by atoms with van der Waals surface area (Å²) in [5.41, 5.74) is 0.562. The van der Waals surface area contributed by atoms with Gasteiger partial charge in [-0.15, -0.1) is 0 Å². The molecule has 1 aliphatic heterocycles. The summed E-state index contributed by atoms with van der Waals surface area (Å²) in [6.07, 6.45) is 2.85. The summed E-state index contributed by atoms with van der Waals surface area (Å²) in [5.74, 6) is 2.50. The lowest BCUT2D eigenvalue weighted by Gasteiger charge is -2.12. The van der Waals surface area contributed by atoms with E-state index in [1.807, 2.05) is 11.8 Å². The second kappa shape index (κ2) is 7.35. The van der Waals surface area contributed by atoms with Crippen LogP contribution in [0, 0.1) is 0 Å². The monoisotopic (exact) mass is 282 g/mol. The molecule has 1 amide bonds. The van der Waals surface area contributed by atoms with Gasteiger partial charge in [-0.05, 0) is 18.2 Å². The lowest BCUT2D eigenvalue weighted by atomic mass is 10.2. The molecule has 1 N–H and O–H groups in total. The summed E-state index contributed by atoms with van der Waals surface area (Å²) in [4.78, 5) is 16.0. The van der Waals surface area contributed by atoms with Crippen molar-refractivity contribution in [3.8, 4) is 5.88 Å². The van der Waals surface area contributed by atoms with Gasteiger partial charge in [-0.2, -0.15) is 11.8 Å². The number of thioether (sulfide) groups is 1. The van der Waals surface area contributed by atoms with Crippen LogP contribution in [0.15, 0.2) is 18.3 Å². The summed E-state index contributed by atoms with van der Waals surface area (Å²) in [7, 11) is 1.60. The van der Waals surface area contributed by atoms with Gasteiger partial charge in [0, 0.05) is 37.2 Å². The van der Waals surface area contributed by atoms with Crippen LogP contribution >= 0.6 is 11.8 Å². The second-order valence-electron chi connectivity index (χ2n) is 4.23. The lowest BCUT2D eigenvalue weighted by Crippen LogP contribution is -2.27. The molecule has 2 heterocycles. The predicted octanol–water partition coefficient (Wildman–Crippen LogP) is 1.34. The minimum Gasteiger partial charge on any atom is -0.473 e. The zero-order chi connectivity index (χ0) is 13.5. The minimum absolute atomic E-state index is 0.134. The number of carbonyl (C=O) groups is 1. The number of amides is 1.